The van der Waals surface area contributed by atoms with Crippen LogP contribution in [0.25, 0.3) is 0 Å². The Morgan fingerprint density at radius 2 is 1.86 bits per heavy atom. The number of hydrogen-bond donors (Lipinski definition) is 1. The summed E-state index contributed by atoms with van der Waals surface area (Å²) in [7, 11) is 1.85. The maximum absolute atomic E-state index is 12.3. The molecular formula is C18H16Cl2N4O3S. The lowest BCUT2D eigenvalue weighted by molar-refractivity contribution is -0.384. The van der Waals surface area contributed by atoms with Crippen LogP contribution in [0.15, 0.2) is 58.9 Å². The summed E-state index contributed by atoms with van der Waals surface area (Å²) in [6.45, 7) is 0. The molecule has 0 aliphatic carbocycles. The van der Waals surface area contributed by atoms with E-state index in [0.717, 1.165) is 16.2 Å². The molecule has 28 heavy (non-hydrogen) atoms. The Balaban J connectivity index is 0.00000280. The number of rotatable bonds is 5. The maximum atomic E-state index is 12.3. The van der Waals surface area contributed by atoms with Crippen molar-refractivity contribution < 1.29 is 9.72 Å². The third-order valence-corrected chi connectivity index (χ3v) is 4.99. The van der Waals surface area contributed by atoms with Gasteiger partial charge in [-0.1, -0.05) is 11.6 Å². The van der Waals surface area contributed by atoms with Gasteiger partial charge in [-0.25, -0.2) is 4.99 Å². The number of non-ortho nitro benzene ring substituents is 1. The molecule has 0 atom stereocenters. The molecule has 0 radical (unpaired) electrons. The van der Waals surface area contributed by atoms with E-state index in [1.165, 1.54) is 35.6 Å². The number of thiazole rings is 1. The molecule has 0 bridgehead atoms. The van der Waals surface area contributed by atoms with Crippen molar-refractivity contribution in [3.8, 4) is 0 Å². The smallest absolute Gasteiger partial charge is 0.269 e. The third kappa shape index (κ3) is 5.41. The molecule has 3 rings (SSSR count). The van der Waals surface area contributed by atoms with Gasteiger partial charge < -0.3 is 9.88 Å². The van der Waals surface area contributed by atoms with Crippen molar-refractivity contribution in [2.24, 2.45) is 12.0 Å². The van der Waals surface area contributed by atoms with Gasteiger partial charge in [-0.3, -0.25) is 14.9 Å². The molecule has 0 saturated heterocycles. The van der Waals surface area contributed by atoms with Gasteiger partial charge in [0.05, 0.1) is 17.0 Å². The highest BCUT2D eigenvalue weighted by molar-refractivity contribution is 7.07. The maximum Gasteiger partial charge on any atom is 0.269 e. The molecule has 1 amide bonds. The number of hydrogen-bond acceptors (Lipinski definition) is 5. The summed E-state index contributed by atoms with van der Waals surface area (Å²) >= 11 is 7.31. The highest BCUT2D eigenvalue weighted by atomic mass is 35.5. The minimum absolute atomic E-state index is 0. The number of anilines is 1. The van der Waals surface area contributed by atoms with Crippen LogP contribution in [0.1, 0.15) is 5.69 Å². The molecule has 146 valence electrons. The van der Waals surface area contributed by atoms with Gasteiger partial charge >= 0.3 is 0 Å². The normalized spacial score (nSPS) is 11.0. The lowest BCUT2D eigenvalue weighted by Gasteiger charge is -2.06. The molecule has 1 N–H and O–H groups in total. The largest absolute Gasteiger partial charge is 0.326 e. The summed E-state index contributed by atoms with van der Waals surface area (Å²) in [5, 5.41) is 15.9. The Hall–Kier alpha value is -2.68. The van der Waals surface area contributed by atoms with Gasteiger partial charge in [0, 0.05) is 41.0 Å². The summed E-state index contributed by atoms with van der Waals surface area (Å²) in [4.78, 5) is 27.7. The number of amides is 1. The monoisotopic (exact) mass is 438 g/mol. The Morgan fingerprint density at radius 3 is 2.46 bits per heavy atom. The Morgan fingerprint density at radius 1 is 1.21 bits per heavy atom. The van der Waals surface area contributed by atoms with Crippen molar-refractivity contribution in [3.05, 3.63) is 79.5 Å². The number of nitro benzene ring substituents is 1. The van der Waals surface area contributed by atoms with Crippen molar-refractivity contribution >= 4 is 58.3 Å². The number of nitro groups is 1. The summed E-state index contributed by atoms with van der Waals surface area (Å²) in [5.74, 6) is -0.213. The Labute approximate surface area is 175 Å². The number of nitrogens with one attached hydrogen (secondary N) is 1. The molecule has 1 heterocycles. The van der Waals surface area contributed by atoms with Crippen molar-refractivity contribution in [2.75, 3.05) is 5.32 Å². The van der Waals surface area contributed by atoms with Crippen LogP contribution in [0.2, 0.25) is 5.02 Å². The van der Waals surface area contributed by atoms with Gasteiger partial charge in [-0.05, 0) is 36.4 Å². The highest BCUT2D eigenvalue weighted by Crippen LogP contribution is 2.17. The van der Waals surface area contributed by atoms with E-state index < -0.39 is 4.92 Å². The third-order valence-electron chi connectivity index (χ3n) is 3.77. The zero-order valence-corrected chi connectivity index (χ0v) is 17.1. The zero-order chi connectivity index (χ0) is 19.4. The van der Waals surface area contributed by atoms with E-state index in [4.69, 9.17) is 11.6 Å². The standard InChI is InChI=1S/C18H15ClN4O3S.ClH/c1-22-16(11-27-18(22)21-14-4-2-12(19)3-5-14)10-17(24)20-13-6-8-15(9-7-13)23(25)26;/h2-9,11H,10H2,1H3,(H,20,24);1H. The van der Waals surface area contributed by atoms with Crippen molar-refractivity contribution in [3.63, 3.8) is 0 Å². The minimum atomic E-state index is -0.483. The molecule has 1 aromatic heterocycles. The average molecular weight is 439 g/mol. The number of halogens is 2. The molecule has 0 spiro atoms. The van der Waals surface area contributed by atoms with Crippen LogP contribution in [0.4, 0.5) is 17.1 Å². The van der Waals surface area contributed by atoms with E-state index in [1.807, 2.05) is 29.1 Å². The first-order chi connectivity index (χ1) is 12.9. The first-order valence-electron chi connectivity index (χ1n) is 7.90. The van der Waals surface area contributed by atoms with Gasteiger partial charge in [0.25, 0.3) is 5.69 Å². The fourth-order valence-electron chi connectivity index (χ4n) is 2.33. The minimum Gasteiger partial charge on any atom is -0.326 e. The summed E-state index contributed by atoms with van der Waals surface area (Å²) < 4.78 is 1.86. The molecular weight excluding hydrogens is 423 g/mol. The average Bonchev–Trinajstić information content (AvgIpc) is 2.97. The topological polar surface area (TPSA) is 89.5 Å². The number of carbonyl (C=O) groups excluding carboxylic acids is 1. The van der Waals surface area contributed by atoms with E-state index in [9.17, 15) is 14.9 Å². The van der Waals surface area contributed by atoms with Crippen LogP contribution in [-0.4, -0.2) is 15.4 Å². The van der Waals surface area contributed by atoms with Crippen molar-refractivity contribution in [2.45, 2.75) is 6.42 Å². The Kier molecular flexibility index (Phi) is 7.33. The fourth-order valence-corrected chi connectivity index (χ4v) is 3.37. The first kappa shape index (κ1) is 21.6. The van der Waals surface area contributed by atoms with Crippen LogP contribution in [0, 0.1) is 10.1 Å². The lowest BCUT2D eigenvalue weighted by atomic mass is 10.2. The number of carbonyl (C=O) groups is 1. The molecule has 7 nitrogen and oxygen atoms in total. The summed E-state index contributed by atoms with van der Waals surface area (Å²) in [6.07, 6.45) is 0.167. The first-order valence-corrected chi connectivity index (χ1v) is 9.16. The molecule has 0 saturated carbocycles. The molecule has 0 unspecified atom stereocenters. The number of benzene rings is 2. The van der Waals surface area contributed by atoms with Crippen LogP contribution >= 0.6 is 35.3 Å². The Bertz CT molecular complexity index is 1040. The van der Waals surface area contributed by atoms with E-state index in [-0.39, 0.29) is 30.4 Å². The fraction of sp³-hybridized carbons (Fsp3) is 0.111. The van der Waals surface area contributed by atoms with Crippen molar-refractivity contribution in [1.82, 2.24) is 4.57 Å². The second-order valence-corrected chi connectivity index (χ2v) is 6.96. The quantitative estimate of drug-likeness (QED) is 0.470. The predicted octanol–water partition coefficient (Wildman–Crippen LogP) is 4.48. The van der Waals surface area contributed by atoms with E-state index in [1.54, 1.807) is 12.1 Å². The number of aromatic nitrogens is 1. The SMILES string of the molecule is Cl.Cn1c(CC(=O)Nc2ccc([N+](=O)[O-])cc2)csc1=Nc1ccc(Cl)cc1. The van der Waals surface area contributed by atoms with E-state index in [2.05, 4.69) is 10.3 Å². The van der Waals surface area contributed by atoms with Gasteiger partial charge in [0.2, 0.25) is 5.91 Å². The zero-order valence-electron chi connectivity index (χ0n) is 14.7. The van der Waals surface area contributed by atoms with Gasteiger partial charge in [-0.2, -0.15) is 0 Å². The van der Waals surface area contributed by atoms with Gasteiger partial charge in [0.1, 0.15) is 0 Å². The van der Waals surface area contributed by atoms with Crippen molar-refractivity contribution in [1.29, 1.82) is 0 Å². The predicted molar refractivity (Wildman–Crippen MR) is 113 cm³/mol. The molecule has 0 aliphatic heterocycles. The van der Waals surface area contributed by atoms with Gasteiger partial charge in [-0.15, -0.1) is 23.7 Å². The second-order valence-electron chi connectivity index (χ2n) is 5.69. The molecule has 3 aromatic rings. The summed E-state index contributed by atoms with van der Waals surface area (Å²) in [6, 6.07) is 12.9. The molecule has 0 fully saturated rings. The number of nitrogens with zero attached hydrogens (tertiary/aromatic N) is 3. The van der Waals surface area contributed by atoms with Crippen LogP contribution in [0.3, 0.4) is 0 Å². The molecule has 2 aromatic carbocycles. The lowest BCUT2D eigenvalue weighted by Crippen LogP contribution is -2.19. The van der Waals surface area contributed by atoms with Crippen LogP contribution in [0.5, 0.6) is 0 Å². The second kappa shape index (κ2) is 9.50. The summed E-state index contributed by atoms with van der Waals surface area (Å²) in [5.41, 5.74) is 2.08. The molecule has 10 heteroatoms. The van der Waals surface area contributed by atoms with E-state index >= 15 is 0 Å². The van der Waals surface area contributed by atoms with E-state index in [0.29, 0.717) is 10.7 Å². The van der Waals surface area contributed by atoms with Crippen LogP contribution in [-0.2, 0) is 18.3 Å². The van der Waals surface area contributed by atoms with Crippen LogP contribution < -0.4 is 10.1 Å². The highest BCUT2D eigenvalue weighted by Gasteiger charge is 2.10. The molecule has 0 aliphatic rings. The van der Waals surface area contributed by atoms with Gasteiger partial charge in [0.15, 0.2) is 4.80 Å².